The van der Waals surface area contributed by atoms with Crippen LogP contribution in [0.5, 0.6) is 11.5 Å². The van der Waals surface area contributed by atoms with E-state index in [1.54, 1.807) is 14.2 Å². The number of aliphatic imine (C=N–C) groups is 1. The molecule has 1 aliphatic rings. The summed E-state index contributed by atoms with van der Waals surface area (Å²) in [6.07, 6.45) is 2.46. The van der Waals surface area contributed by atoms with Gasteiger partial charge in [-0.3, -0.25) is 9.89 Å². The van der Waals surface area contributed by atoms with Gasteiger partial charge in [-0.15, -0.1) is 24.0 Å². The highest BCUT2D eigenvalue weighted by atomic mass is 127. The Morgan fingerprint density at radius 3 is 2.39 bits per heavy atom. The molecule has 1 heterocycles. The lowest BCUT2D eigenvalue weighted by atomic mass is 10.1. The van der Waals surface area contributed by atoms with E-state index in [1.807, 2.05) is 36.4 Å². The number of methoxy groups -OCH3 is 2. The molecule has 0 amide bonds. The second-order valence-corrected chi connectivity index (χ2v) is 6.61. The standard InChI is InChI=1S/C21H28N4O2.HI/c1-26-18-10-8-16(9-11-18)20(25-12-3-4-13-25)15-23-21(22)24-17-6-5-7-19(14-17)27-2;/h5-11,14,20H,3-4,12-13,15H2,1-2H3,(H3,22,23,24);1H. The number of ether oxygens (including phenoxy) is 2. The molecule has 1 saturated heterocycles. The first-order valence-electron chi connectivity index (χ1n) is 9.28. The number of likely N-dealkylation sites (tertiary alicyclic amines) is 1. The molecule has 0 aromatic heterocycles. The van der Waals surface area contributed by atoms with Crippen LogP contribution >= 0.6 is 24.0 Å². The smallest absolute Gasteiger partial charge is 0.193 e. The van der Waals surface area contributed by atoms with Crippen LogP contribution in [0, 0.1) is 0 Å². The lowest BCUT2D eigenvalue weighted by molar-refractivity contribution is 0.251. The Bertz CT molecular complexity index is 761. The fourth-order valence-corrected chi connectivity index (χ4v) is 3.38. The molecule has 0 bridgehead atoms. The molecule has 7 heteroatoms. The van der Waals surface area contributed by atoms with E-state index in [0.29, 0.717) is 12.5 Å². The summed E-state index contributed by atoms with van der Waals surface area (Å²) in [5.74, 6) is 2.04. The zero-order valence-electron chi connectivity index (χ0n) is 16.4. The molecule has 2 aromatic carbocycles. The van der Waals surface area contributed by atoms with Gasteiger partial charge in [0.15, 0.2) is 5.96 Å². The van der Waals surface area contributed by atoms with Crippen molar-refractivity contribution in [3.8, 4) is 11.5 Å². The molecule has 1 unspecified atom stereocenters. The minimum atomic E-state index is 0. The number of nitrogens with zero attached hydrogens (tertiary/aromatic N) is 2. The third-order valence-corrected chi connectivity index (χ3v) is 4.86. The summed E-state index contributed by atoms with van der Waals surface area (Å²) in [5, 5.41) is 3.14. The van der Waals surface area contributed by atoms with E-state index in [2.05, 4.69) is 27.3 Å². The SMILES string of the molecule is COc1ccc(C(CN=C(N)Nc2cccc(OC)c2)N2CCCC2)cc1.I. The van der Waals surface area contributed by atoms with Crippen LogP contribution in [0.25, 0.3) is 0 Å². The zero-order chi connectivity index (χ0) is 19.1. The lowest BCUT2D eigenvalue weighted by Gasteiger charge is -2.27. The Labute approximate surface area is 184 Å². The van der Waals surface area contributed by atoms with Gasteiger partial charge in [-0.2, -0.15) is 0 Å². The highest BCUT2D eigenvalue weighted by molar-refractivity contribution is 14.0. The van der Waals surface area contributed by atoms with Crippen molar-refractivity contribution in [3.05, 3.63) is 54.1 Å². The van der Waals surface area contributed by atoms with Crippen LogP contribution in [0.1, 0.15) is 24.4 Å². The average molecular weight is 496 g/mol. The minimum Gasteiger partial charge on any atom is -0.497 e. The number of guanidine groups is 1. The van der Waals surface area contributed by atoms with Crippen LogP contribution in [-0.2, 0) is 0 Å². The van der Waals surface area contributed by atoms with Gasteiger partial charge in [0.25, 0.3) is 0 Å². The predicted octanol–water partition coefficient (Wildman–Crippen LogP) is 3.89. The number of halogens is 1. The van der Waals surface area contributed by atoms with Crippen LogP contribution in [0.4, 0.5) is 5.69 Å². The van der Waals surface area contributed by atoms with E-state index < -0.39 is 0 Å². The van der Waals surface area contributed by atoms with Gasteiger partial charge in [0.1, 0.15) is 11.5 Å². The second-order valence-electron chi connectivity index (χ2n) is 6.61. The largest absolute Gasteiger partial charge is 0.497 e. The normalized spacial score (nSPS) is 15.6. The second kappa shape index (κ2) is 11.1. The highest BCUT2D eigenvalue weighted by Crippen LogP contribution is 2.27. The van der Waals surface area contributed by atoms with Crippen LogP contribution in [0.3, 0.4) is 0 Å². The first kappa shape index (κ1) is 22.3. The fourth-order valence-electron chi connectivity index (χ4n) is 3.38. The topological polar surface area (TPSA) is 72.1 Å². The van der Waals surface area contributed by atoms with E-state index in [4.69, 9.17) is 15.2 Å². The molecule has 1 aliphatic heterocycles. The van der Waals surface area contributed by atoms with Crippen LogP contribution in [0.2, 0.25) is 0 Å². The van der Waals surface area contributed by atoms with Gasteiger partial charge >= 0.3 is 0 Å². The predicted molar refractivity (Wildman–Crippen MR) is 125 cm³/mol. The molecule has 1 fully saturated rings. The number of benzene rings is 2. The Kier molecular flexibility index (Phi) is 8.85. The monoisotopic (exact) mass is 496 g/mol. The summed E-state index contributed by atoms with van der Waals surface area (Å²) in [4.78, 5) is 7.08. The molecule has 1 atom stereocenters. The highest BCUT2D eigenvalue weighted by Gasteiger charge is 2.23. The van der Waals surface area contributed by atoms with E-state index in [1.165, 1.54) is 18.4 Å². The Morgan fingerprint density at radius 2 is 1.75 bits per heavy atom. The molecule has 0 spiro atoms. The summed E-state index contributed by atoms with van der Waals surface area (Å²) < 4.78 is 10.5. The van der Waals surface area contributed by atoms with Crippen LogP contribution < -0.4 is 20.5 Å². The number of nitrogens with one attached hydrogen (secondary N) is 1. The lowest BCUT2D eigenvalue weighted by Crippen LogP contribution is -2.30. The molecule has 28 heavy (non-hydrogen) atoms. The number of hydrogen-bond acceptors (Lipinski definition) is 4. The van der Waals surface area contributed by atoms with Gasteiger partial charge in [0, 0.05) is 11.8 Å². The summed E-state index contributed by atoms with van der Waals surface area (Å²) in [6, 6.07) is 16.1. The molecule has 0 radical (unpaired) electrons. The first-order chi connectivity index (χ1) is 13.2. The fraction of sp³-hybridized carbons (Fsp3) is 0.381. The molecule has 6 nitrogen and oxygen atoms in total. The molecule has 0 aliphatic carbocycles. The minimum absolute atomic E-state index is 0. The summed E-state index contributed by atoms with van der Waals surface area (Å²) in [5.41, 5.74) is 8.22. The van der Waals surface area contributed by atoms with Crippen molar-refractivity contribution in [2.45, 2.75) is 18.9 Å². The Balaban J connectivity index is 0.00000280. The summed E-state index contributed by atoms with van der Waals surface area (Å²) in [7, 11) is 3.33. The van der Waals surface area contributed by atoms with E-state index in [9.17, 15) is 0 Å². The van der Waals surface area contributed by atoms with Crippen molar-refractivity contribution >= 4 is 35.6 Å². The van der Waals surface area contributed by atoms with Crippen molar-refractivity contribution < 1.29 is 9.47 Å². The zero-order valence-corrected chi connectivity index (χ0v) is 18.8. The van der Waals surface area contributed by atoms with Gasteiger partial charge in [-0.05, 0) is 55.8 Å². The molecule has 2 aromatic rings. The quantitative estimate of drug-likeness (QED) is 0.346. The van der Waals surface area contributed by atoms with E-state index >= 15 is 0 Å². The molecule has 3 N–H and O–H groups in total. The number of rotatable bonds is 7. The van der Waals surface area contributed by atoms with E-state index in [0.717, 1.165) is 30.3 Å². The molecule has 3 rings (SSSR count). The Hall–Kier alpha value is -2.00. The number of nitrogens with two attached hydrogens (primary N) is 1. The molecular formula is C21H29IN4O2. The van der Waals surface area contributed by atoms with Crippen LogP contribution in [0.15, 0.2) is 53.5 Å². The van der Waals surface area contributed by atoms with Gasteiger partial charge in [0.05, 0.1) is 26.8 Å². The van der Waals surface area contributed by atoms with Crippen molar-refractivity contribution in [2.24, 2.45) is 10.7 Å². The summed E-state index contributed by atoms with van der Waals surface area (Å²) >= 11 is 0. The maximum atomic E-state index is 6.13. The number of hydrogen-bond donors (Lipinski definition) is 2. The van der Waals surface area contributed by atoms with Crippen molar-refractivity contribution in [1.29, 1.82) is 0 Å². The van der Waals surface area contributed by atoms with Crippen LogP contribution in [-0.4, -0.2) is 44.7 Å². The average Bonchev–Trinajstić information content (AvgIpc) is 3.23. The number of anilines is 1. The van der Waals surface area contributed by atoms with E-state index in [-0.39, 0.29) is 30.0 Å². The molecule has 152 valence electrons. The molecular weight excluding hydrogens is 467 g/mol. The van der Waals surface area contributed by atoms with Gasteiger partial charge in [-0.1, -0.05) is 18.2 Å². The first-order valence-corrected chi connectivity index (χ1v) is 9.28. The molecule has 0 saturated carbocycles. The van der Waals surface area contributed by atoms with Gasteiger partial charge in [-0.25, -0.2) is 0 Å². The summed E-state index contributed by atoms with van der Waals surface area (Å²) in [6.45, 7) is 2.79. The maximum Gasteiger partial charge on any atom is 0.193 e. The third-order valence-electron chi connectivity index (χ3n) is 4.86. The maximum absolute atomic E-state index is 6.13. The van der Waals surface area contributed by atoms with Crippen molar-refractivity contribution in [3.63, 3.8) is 0 Å². The van der Waals surface area contributed by atoms with Crippen molar-refractivity contribution in [2.75, 3.05) is 39.2 Å². The Morgan fingerprint density at radius 1 is 1.07 bits per heavy atom. The van der Waals surface area contributed by atoms with Gasteiger partial charge in [0.2, 0.25) is 0 Å². The third kappa shape index (κ3) is 6.00. The van der Waals surface area contributed by atoms with Crippen molar-refractivity contribution in [1.82, 2.24) is 4.90 Å². The van der Waals surface area contributed by atoms with Gasteiger partial charge < -0.3 is 20.5 Å².